The first-order chi connectivity index (χ1) is 5.36. The van der Waals surface area contributed by atoms with Crippen LogP contribution in [0.15, 0.2) is 9.26 Å². The molecule has 2 rings (SSSR count). The first-order valence-electron chi connectivity index (χ1n) is 3.16. The molecule has 1 aromatic heterocycles. The van der Waals surface area contributed by atoms with E-state index in [1.807, 2.05) is 11.8 Å². The number of hydrogen-bond acceptors (Lipinski definition) is 5. The Kier molecular flexibility index (Phi) is 2.15. The minimum atomic E-state index is 0.235. The summed E-state index contributed by atoms with van der Waals surface area (Å²) in [7, 11) is 0. The van der Waals surface area contributed by atoms with Crippen molar-refractivity contribution in [2.45, 2.75) is 6.04 Å². The fraction of sp³-hybridized carbons (Fsp3) is 0.600. The minimum Gasteiger partial charge on any atom is -0.337 e. The maximum atomic E-state index is 4.96. The predicted octanol–water partition coefficient (Wildman–Crippen LogP) is 1.17. The predicted molar refractivity (Wildman–Crippen MR) is 45.2 cm³/mol. The van der Waals surface area contributed by atoms with E-state index in [-0.39, 0.29) is 6.04 Å². The average molecular weight is 236 g/mol. The Balaban J connectivity index is 2.15. The van der Waals surface area contributed by atoms with Crippen LogP contribution in [0.4, 0.5) is 0 Å². The molecule has 0 aromatic carbocycles. The number of halogens is 1. The number of rotatable bonds is 1. The van der Waals surface area contributed by atoms with Crippen LogP contribution in [0, 0.1) is 0 Å². The molecule has 11 heavy (non-hydrogen) atoms. The maximum absolute atomic E-state index is 4.96. The van der Waals surface area contributed by atoms with E-state index < -0.39 is 0 Å². The summed E-state index contributed by atoms with van der Waals surface area (Å²) < 4.78 is 5.48. The van der Waals surface area contributed by atoms with Crippen molar-refractivity contribution >= 4 is 27.7 Å². The van der Waals surface area contributed by atoms with Crippen molar-refractivity contribution in [1.82, 2.24) is 15.5 Å². The van der Waals surface area contributed by atoms with E-state index in [1.54, 1.807) is 0 Å². The molecule has 0 bridgehead atoms. The lowest BCUT2D eigenvalue weighted by Gasteiger charge is -1.99. The molecular weight excluding hydrogens is 230 g/mol. The molecule has 60 valence electrons. The second-order valence-electron chi connectivity index (χ2n) is 2.17. The van der Waals surface area contributed by atoms with Crippen LogP contribution in [0.3, 0.4) is 0 Å². The summed E-state index contributed by atoms with van der Waals surface area (Å²) in [5, 5.41) is 6.87. The molecule has 0 aliphatic carbocycles. The van der Waals surface area contributed by atoms with Crippen molar-refractivity contribution in [2.75, 3.05) is 11.6 Å². The van der Waals surface area contributed by atoms with Crippen molar-refractivity contribution in [1.29, 1.82) is 0 Å². The normalized spacial score (nSPS) is 24.3. The van der Waals surface area contributed by atoms with E-state index in [2.05, 4.69) is 31.4 Å². The van der Waals surface area contributed by atoms with Crippen molar-refractivity contribution in [2.24, 2.45) is 0 Å². The molecule has 0 radical (unpaired) electrons. The van der Waals surface area contributed by atoms with Crippen molar-refractivity contribution in [3.8, 4) is 0 Å². The molecule has 1 N–H and O–H groups in total. The Morgan fingerprint density at radius 2 is 2.64 bits per heavy atom. The molecule has 1 atom stereocenters. The number of nitrogens with zero attached hydrogens (tertiary/aromatic N) is 2. The van der Waals surface area contributed by atoms with Gasteiger partial charge in [0.15, 0.2) is 0 Å². The van der Waals surface area contributed by atoms with E-state index in [0.29, 0.717) is 10.6 Å². The molecule has 0 spiro atoms. The fourth-order valence-electron chi connectivity index (χ4n) is 0.912. The SMILES string of the molecule is Brc1noc([C@H]2CSCN2)n1. The van der Waals surface area contributed by atoms with Crippen LogP contribution in [0.25, 0.3) is 0 Å². The summed E-state index contributed by atoms with van der Waals surface area (Å²) in [6.45, 7) is 0. The van der Waals surface area contributed by atoms with Crippen molar-refractivity contribution < 1.29 is 4.52 Å². The number of aromatic nitrogens is 2. The summed E-state index contributed by atoms with van der Waals surface area (Å²) in [4.78, 5) is 4.06. The van der Waals surface area contributed by atoms with E-state index in [1.165, 1.54) is 0 Å². The highest BCUT2D eigenvalue weighted by molar-refractivity contribution is 9.10. The fourth-order valence-corrected chi connectivity index (χ4v) is 2.09. The van der Waals surface area contributed by atoms with Gasteiger partial charge in [0, 0.05) is 11.6 Å². The first-order valence-corrected chi connectivity index (χ1v) is 5.11. The van der Waals surface area contributed by atoms with Crippen LogP contribution < -0.4 is 5.32 Å². The number of nitrogens with one attached hydrogen (secondary N) is 1. The summed E-state index contributed by atoms with van der Waals surface area (Å²) in [5.41, 5.74) is 0. The molecule has 1 saturated heterocycles. The zero-order valence-electron chi connectivity index (χ0n) is 5.58. The number of thioether (sulfide) groups is 1. The molecule has 1 aliphatic rings. The smallest absolute Gasteiger partial charge is 0.245 e. The van der Waals surface area contributed by atoms with Gasteiger partial charge in [0.25, 0.3) is 0 Å². The Hall–Kier alpha value is -0.0700. The third-order valence-electron chi connectivity index (χ3n) is 1.43. The van der Waals surface area contributed by atoms with Gasteiger partial charge < -0.3 is 4.52 Å². The molecule has 1 aliphatic heterocycles. The van der Waals surface area contributed by atoms with E-state index in [4.69, 9.17) is 4.52 Å². The topological polar surface area (TPSA) is 51.0 Å². The van der Waals surface area contributed by atoms with E-state index >= 15 is 0 Å². The molecule has 4 nitrogen and oxygen atoms in total. The van der Waals surface area contributed by atoms with Crippen LogP contribution in [0.5, 0.6) is 0 Å². The van der Waals surface area contributed by atoms with Gasteiger partial charge in [-0.3, -0.25) is 5.32 Å². The van der Waals surface area contributed by atoms with Gasteiger partial charge in [0.1, 0.15) is 0 Å². The molecule has 0 amide bonds. The van der Waals surface area contributed by atoms with Crippen LogP contribution in [0.2, 0.25) is 0 Å². The van der Waals surface area contributed by atoms with Gasteiger partial charge in [0.05, 0.1) is 6.04 Å². The van der Waals surface area contributed by atoms with Gasteiger partial charge in [-0.1, -0.05) is 0 Å². The lowest BCUT2D eigenvalue weighted by Crippen LogP contribution is -2.14. The van der Waals surface area contributed by atoms with Gasteiger partial charge in [0.2, 0.25) is 10.6 Å². The van der Waals surface area contributed by atoms with Gasteiger partial charge in [-0.2, -0.15) is 4.98 Å². The Labute approximate surface area is 76.2 Å². The van der Waals surface area contributed by atoms with Crippen LogP contribution in [0.1, 0.15) is 11.9 Å². The zero-order chi connectivity index (χ0) is 7.68. The monoisotopic (exact) mass is 235 g/mol. The van der Waals surface area contributed by atoms with Gasteiger partial charge in [-0.05, 0) is 21.1 Å². The molecule has 6 heteroatoms. The van der Waals surface area contributed by atoms with E-state index in [0.717, 1.165) is 11.6 Å². The van der Waals surface area contributed by atoms with E-state index in [9.17, 15) is 0 Å². The average Bonchev–Trinajstić information content (AvgIpc) is 2.55. The highest BCUT2D eigenvalue weighted by Crippen LogP contribution is 2.23. The Morgan fingerprint density at radius 1 is 1.73 bits per heavy atom. The first kappa shape index (κ1) is 7.57. The van der Waals surface area contributed by atoms with Gasteiger partial charge in [-0.25, -0.2) is 0 Å². The number of hydrogen-bond donors (Lipinski definition) is 1. The molecule has 1 fully saturated rings. The van der Waals surface area contributed by atoms with Gasteiger partial charge >= 0.3 is 0 Å². The maximum Gasteiger partial charge on any atom is 0.245 e. The van der Waals surface area contributed by atoms with Crippen molar-refractivity contribution in [3.05, 3.63) is 10.6 Å². The third-order valence-corrected chi connectivity index (χ3v) is 2.69. The van der Waals surface area contributed by atoms with Crippen LogP contribution >= 0.6 is 27.7 Å². The molecule has 1 aromatic rings. The second-order valence-corrected chi connectivity index (χ2v) is 3.91. The highest BCUT2D eigenvalue weighted by Gasteiger charge is 2.21. The molecular formula is C5H6BrN3OS. The summed E-state index contributed by atoms with van der Waals surface area (Å²) in [6, 6.07) is 0.235. The lowest BCUT2D eigenvalue weighted by atomic mass is 10.3. The highest BCUT2D eigenvalue weighted by atomic mass is 79.9. The standard InChI is InChI=1S/C5H6BrN3OS/c6-5-8-4(10-9-5)3-1-11-2-7-3/h3,7H,1-2H2/t3-/m1/s1. The molecule has 2 heterocycles. The summed E-state index contributed by atoms with van der Waals surface area (Å²) in [5.74, 6) is 2.64. The molecule has 0 saturated carbocycles. The largest absolute Gasteiger partial charge is 0.337 e. The minimum absolute atomic E-state index is 0.235. The van der Waals surface area contributed by atoms with Gasteiger partial charge in [-0.15, -0.1) is 11.8 Å². The van der Waals surface area contributed by atoms with Crippen LogP contribution in [-0.4, -0.2) is 21.8 Å². The Morgan fingerprint density at radius 3 is 3.18 bits per heavy atom. The lowest BCUT2D eigenvalue weighted by molar-refractivity contribution is 0.348. The third kappa shape index (κ3) is 1.57. The summed E-state index contributed by atoms with van der Waals surface area (Å²) >= 11 is 4.96. The van der Waals surface area contributed by atoms with Crippen molar-refractivity contribution in [3.63, 3.8) is 0 Å². The summed E-state index contributed by atoms with van der Waals surface area (Å²) in [6.07, 6.45) is 0. The Bertz CT molecular complexity index is 248. The molecule has 0 unspecified atom stereocenters. The van der Waals surface area contributed by atoms with Crippen LogP contribution in [-0.2, 0) is 0 Å². The quantitative estimate of drug-likeness (QED) is 0.793. The second kappa shape index (κ2) is 3.12. The zero-order valence-corrected chi connectivity index (χ0v) is 7.98.